The van der Waals surface area contributed by atoms with E-state index in [0.717, 1.165) is 77.4 Å². The first-order valence-corrected chi connectivity index (χ1v) is 16.6. The number of furan rings is 1. The smallest absolute Gasteiger partial charge is 0.164 e. The third kappa shape index (κ3) is 4.58. The Morgan fingerprint density at radius 3 is 1.80 bits per heavy atom. The van der Waals surface area contributed by atoms with Crippen LogP contribution in [0.25, 0.3) is 94.9 Å². The molecular weight excluding hydrogens is 615 g/mol. The van der Waals surface area contributed by atoms with Crippen molar-refractivity contribution in [2.75, 3.05) is 0 Å². The van der Waals surface area contributed by atoms with Gasteiger partial charge in [-0.1, -0.05) is 103 Å². The summed E-state index contributed by atoms with van der Waals surface area (Å²) in [6.07, 6.45) is 1.86. The molecule has 0 aliphatic rings. The minimum Gasteiger partial charge on any atom is -0.456 e. The molecular formula is C44H27N5O. The number of aromatic nitrogens is 5. The van der Waals surface area contributed by atoms with Crippen LogP contribution >= 0.6 is 0 Å². The molecule has 0 amide bonds. The van der Waals surface area contributed by atoms with Crippen LogP contribution in [0.2, 0.25) is 0 Å². The molecule has 0 unspecified atom stereocenters. The van der Waals surface area contributed by atoms with E-state index in [-0.39, 0.29) is 0 Å². The number of hydrogen-bond donors (Lipinski definition) is 0. The molecule has 4 aromatic heterocycles. The molecule has 0 N–H and O–H groups in total. The number of benzene rings is 6. The van der Waals surface area contributed by atoms with Gasteiger partial charge < -0.3 is 4.42 Å². The van der Waals surface area contributed by atoms with E-state index in [1.165, 1.54) is 0 Å². The lowest BCUT2D eigenvalue weighted by atomic mass is 9.99. The third-order valence-corrected chi connectivity index (χ3v) is 9.31. The lowest BCUT2D eigenvalue weighted by Gasteiger charge is -2.09. The van der Waals surface area contributed by atoms with Gasteiger partial charge in [-0.25, -0.2) is 19.9 Å². The van der Waals surface area contributed by atoms with Crippen LogP contribution in [0.1, 0.15) is 0 Å². The quantitative estimate of drug-likeness (QED) is 0.187. The van der Waals surface area contributed by atoms with Gasteiger partial charge in [0.1, 0.15) is 16.8 Å². The molecule has 10 aromatic rings. The molecule has 0 saturated heterocycles. The second-order valence-corrected chi connectivity index (χ2v) is 12.3. The van der Waals surface area contributed by atoms with E-state index in [9.17, 15) is 0 Å². The minimum atomic E-state index is 0.596. The highest BCUT2D eigenvalue weighted by Crippen LogP contribution is 2.40. The second kappa shape index (κ2) is 11.4. The molecule has 6 aromatic carbocycles. The maximum absolute atomic E-state index is 6.43. The molecule has 10 rings (SSSR count). The average molecular weight is 642 g/mol. The fourth-order valence-electron chi connectivity index (χ4n) is 6.99. The number of nitrogens with zero attached hydrogens (tertiary/aromatic N) is 5. The molecule has 0 aliphatic carbocycles. The summed E-state index contributed by atoms with van der Waals surface area (Å²) in [7, 11) is 0. The van der Waals surface area contributed by atoms with Crippen molar-refractivity contribution in [3.63, 3.8) is 0 Å². The zero-order valence-electron chi connectivity index (χ0n) is 26.7. The van der Waals surface area contributed by atoms with E-state index in [4.69, 9.17) is 24.4 Å². The Morgan fingerprint density at radius 2 is 1.08 bits per heavy atom. The maximum Gasteiger partial charge on any atom is 0.164 e. The second-order valence-electron chi connectivity index (χ2n) is 12.3. The highest BCUT2D eigenvalue weighted by molar-refractivity contribution is 6.13. The van der Waals surface area contributed by atoms with Crippen molar-refractivity contribution >= 4 is 43.9 Å². The molecule has 4 heterocycles. The fourth-order valence-corrected chi connectivity index (χ4v) is 6.99. The number of pyridine rings is 1. The molecule has 234 valence electrons. The Bertz CT molecular complexity index is 2800. The predicted molar refractivity (Wildman–Crippen MR) is 201 cm³/mol. The summed E-state index contributed by atoms with van der Waals surface area (Å²) in [5, 5.41) is 4.24. The van der Waals surface area contributed by atoms with Crippen molar-refractivity contribution in [3.05, 3.63) is 164 Å². The predicted octanol–water partition coefficient (Wildman–Crippen LogP) is 10.9. The molecule has 0 radical (unpaired) electrons. The third-order valence-electron chi connectivity index (χ3n) is 9.31. The van der Waals surface area contributed by atoms with Gasteiger partial charge in [0.15, 0.2) is 17.5 Å². The summed E-state index contributed by atoms with van der Waals surface area (Å²) in [4.78, 5) is 19.8. The van der Waals surface area contributed by atoms with E-state index >= 15 is 0 Å². The molecule has 0 bridgehead atoms. The zero-order valence-corrected chi connectivity index (χ0v) is 26.7. The highest BCUT2D eigenvalue weighted by Gasteiger charge is 2.19. The lowest BCUT2D eigenvalue weighted by Crippen LogP contribution is -2.00. The molecule has 0 atom stereocenters. The first-order valence-electron chi connectivity index (χ1n) is 16.6. The zero-order chi connectivity index (χ0) is 33.0. The molecule has 50 heavy (non-hydrogen) atoms. The van der Waals surface area contributed by atoms with E-state index in [2.05, 4.69) is 77.4 Å². The van der Waals surface area contributed by atoms with Gasteiger partial charge in [0.25, 0.3) is 0 Å². The van der Waals surface area contributed by atoms with E-state index in [1.54, 1.807) is 0 Å². The van der Waals surface area contributed by atoms with Crippen molar-refractivity contribution in [3.8, 4) is 51.0 Å². The standard InChI is InChI=1S/C44H27N5O/c1-4-12-28(13-5-1)41-46-42(29-14-6-2-7-15-29)48-43(47-41)34-18-10-20-39-40(34)36-27-31(22-24-38(36)50-39)30-21-23-37-35(26-30)33-19-11-25-45-44(33)49(37)32-16-8-3-9-17-32/h1-27H. The SMILES string of the molecule is c1ccc(-c2nc(-c3ccccc3)nc(-c3cccc4oc5ccc(-c6ccc7c(c6)c6cccnc6n7-c6ccccc6)cc5c34)n2)cc1. The van der Waals surface area contributed by atoms with Gasteiger partial charge in [-0.3, -0.25) is 4.57 Å². The summed E-state index contributed by atoms with van der Waals surface area (Å²) < 4.78 is 8.66. The van der Waals surface area contributed by atoms with Crippen LogP contribution in [0.15, 0.2) is 168 Å². The van der Waals surface area contributed by atoms with Crippen molar-refractivity contribution in [1.82, 2.24) is 24.5 Å². The minimum absolute atomic E-state index is 0.596. The number of fused-ring (bicyclic) bond motifs is 6. The molecule has 6 nitrogen and oxygen atoms in total. The number of rotatable bonds is 5. The van der Waals surface area contributed by atoms with Gasteiger partial charge in [0, 0.05) is 50.1 Å². The van der Waals surface area contributed by atoms with Crippen LogP contribution in [0.3, 0.4) is 0 Å². The van der Waals surface area contributed by atoms with Gasteiger partial charge in [0.05, 0.1) is 5.52 Å². The monoisotopic (exact) mass is 641 g/mol. The number of hydrogen-bond acceptors (Lipinski definition) is 5. The molecule has 6 heteroatoms. The van der Waals surface area contributed by atoms with E-state index in [1.807, 2.05) is 91.1 Å². The summed E-state index contributed by atoms with van der Waals surface area (Å²) in [5.41, 5.74) is 9.68. The van der Waals surface area contributed by atoms with Crippen LogP contribution in [-0.2, 0) is 0 Å². The van der Waals surface area contributed by atoms with Gasteiger partial charge in [-0.2, -0.15) is 0 Å². The van der Waals surface area contributed by atoms with E-state index < -0.39 is 0 Å². The largest absolute Gasteiger partial charge is 0.456 e. The van der Waals surface area contributed by atoms with Crippen LogP contribution in [0, 0.1) is 0 Å². The Labute approximate surface area is 287 Å². The Hall–Kier alpha value is -6.92. The summed E-state index contributed by atoms with van der Waals surface area (Å²) in [6.45, 7) is 0. The summed E-state index contributed by atoms with van der Waals surface area (Å²) >= 11 is 0. The van der Waals surface area contributed by atoms with Crippen molar-refractivity contribution in [2.24, 2.45) is 0 Å². The van der Waals surface area contributed by atoms with Crippen LogP contribution in [0.4, 0.5) is 0 Å². The van der Waals surface area contributed by atoms with Crippen molar-refractivity contribution in [2.45, 2.75) is 0 Å². The molecule has 0 aliphatic heterocycles. The first kappa shape index (κ1) is 28.1. The first-order chi connectivity index (χ1) is 24.8. The van der Waals surface area contributed by atoms with Gasteiger partial charge >= 0.3 is 0 Å². The van der Waals surface area contributed by atoms with Gasteiger partial charge in [0.2, 0.25) is 0 Å². The maximum atomic E-state index is 6.43. The van der Waals surface area contributed by atoms with Crippen LogP contribution in [0.5, 0.6) is 0 Å². The van der Waals surface area contributed by atoms with Crippen LogP contribution in [-0.4, -0.2) is 24.5 Å². The Kier molecular flexibility index (Phi) is 6.39. The number of para-hydroxylation sites is 1. The Morgan fingerprint density at radius 1 is 0.440 bits per heavy atom. The highest BCUT2D eigenvalue weighted by atomic mass is 16.3. The molecule has 0 fully saturated rings. The Balaban J connectivity index is 1.16. The normalized spacial score (nSPS) is 11.6. The van der Waals surface area contributed by atoms with Crippen molar-refractivity contribution in [1.29, 1.82) is 0 Å². The van der Waals surface area contributed by atoms with E-state index in [0.29, 0.717) is 17.5 Å². The summed E-state index contributed by atoms with van der Waals surface area (Å²) in [6, 6.07) is 53.8. The van der Waals surface area contributed by atoms with Crippen molar-refractivity contribution < 1.29 is 4.42 Å². The molecule has 0 saturated carbocycles. The molecule has 0 spiro atoms. The fraction of sp³-hybridized carbons (Fsp3) is 0. The van der Waals surface area contributed by atoms with Gasteiger partial charge in [-0.15, -0.1) is 0 Å². The topological polar surface area (TPSA) is 69.6 Å². The lowest BCUT2D eigenvalue weighted by molar-refractivity contribution is 0.669. The van der Waals surface area contributed by atoms with Crippen LogP contribution < -0.4 is 0 Å². The average Bonchev–Trinajstić information content (AvgIpc) is 3.74. The van der Waals surface area contributed by atoms with Gasteiger partial charge in [-0.05, 0) is 65.7 Å². The summed E-state index contributed by atoms with van der Waals surface area (Å²) in [5.74, 6) is 1.84.